The molecule has 0 aliphatic rings. The molecule has 26 heavy (non-hydrogen) atoms. The van der Waals surface area contributed by atoms with E-state index in [0.717, 1.165) is 6.20 Å². The molecule has 2 N–H and O–H groups in total. The summed E-state index contributed by atoms with van der Waals surface area (Å²) in [5.74, 6) is -0.657. The summed E-state index contributed by atoms with van der Waals surface area (Å²) in [7, 11) is 0. The van der Waals surface area contributed by atoms with Gasteiger partial charge in [0.2, 0.25) is 11.7 Å². The van der Waals surface area contributed by atoms with Crippen LogP contribution in [-0.4, -0.2) is 21.6 Å². The van der Waals surface area contributed by atoms with Gasteiger partial charge in [0.15, 0.2) is 0 Å². The highest BCUT2D eigenvalue weighted by Gasteiger charge is 2.36. The lowest BCUT2D eigenvalue weighted by atomic mass is 10.1. The van der Waals surface area contributed by atoms with E-state index in [1.807, 2.05) is 0 Å². The van der Waals surface area contributed by atoms with Gasteiger partial charge >= 0.3 is 6.18 Å². The van der Waals surface area contributed by atoms with Crippen LogP contribution in [0.25, 0.3) is 11.1 Å². The van der Waals surface area contributed by atoms with Crippen molar-refractivity contribution in [3.8, 4) is 22.8 Å². The quantitative estimate of drug-likeness (QED) is 0.544. The third-order valence-corrected chi connectivity index (χ3v) is 3.51. The predicted molar refractivity (Wildman–Crippen MR) is 89.2 cm³/mol. The van der Waals surface area contributed by atoms with E-state index in [-0.39, 0.29) is 0 Å². The van der Waals surface area contributed by atoms with Crippen molar-refractivity contribution < 1.29 is 17.9 Å². The van der Waals surface area contributed by atoms with Gasteiger partial charge in [0.1, 0.15) is 11.2 Å². The zero-order chi connectivity index (χ0) is 18.7. The molecule has 2 heterocycles. The minimum atomic E-state index is -4.83. The van der Waals surface area contributed by atoms with E-state index >= 15 is 0 Å². The van der Waals surface area contributed by atoms with Gasteiger partial charge < -0.3 is 4.74 Å². The summed E-state index contributed by atoms with van der Waals surface area (Å²) in [5, 5.41) is 14.8. The Balaban J connectivity index is 1.88. The fourth-order valence-electron chi connectivity index (χ4n) is 2.24. The molecule has 0 aliphatic heterocycles. The SMILES string of the molecule is N=C(n1cc(-c2ccc(Oc3ccccn3)cc2)ccc1=N)C(F)(F)F. The Labute approximate surface area is 146 Å². The van der Waals surface area contributed by atoms with Gasteiger partial charge in [0, 0.05) is 18.5 Å². The third-order valence-electron chi connectivity index (χ3n) is 3.51. The van der Waals surface area contributed by atoms with Crippen molar-refractivity contribution in [1.82, 2.24) is 9.55 Å². The van der Waals surface area contributed by atoms with Gasteiger partial charge in [-0.2, -0.15) is 13.2 Å². The normalized spacial score (nSPS) is 11.2. The number of alkyl halides is 3. The molecule has 0 aliphatic carbocycles. The van der Waals surface area contributed by atoms with Crippen LogP contribution < -0.4 is 10.2 Å². The number of halogens is 3. The predicted octanol–water partition coefficient (Wildman–Crippen LogP) is 4.21. The van der Waals surface area contributed by atoms with Crippen LogP contribution in [0.3, 0.4) is 0 Å². The maximum Gasteiger partial charge on any atom is 0.449 e. The highest BCUT2D eigenvalue weighted by Crippen LogP contribution is 2.25. The highest BCUT2D eigenvalue weighted by molar-refractivity contribution is 5.87. The smallest absolute Gasteiger partial charge is 0.439 e. The fraction of sp³-hybridized carbons (Fsp3) is 0.0556. The molecule has 0 saturated heterocycles. The molecule has 0 radical (unpaired) electrons. The monoisotopic (exact) mass is 358 g/mol. The summed E-state index contributed by atoms with van der Waals surface area (Å²) in [6, 6.07) is 14.7. The van der Waals surface area contributed by atoms with E-state index in [4.69, 9.17) is 15.6 Å². The Kier molecular flexibility index (Phi) is 4.57. The summed E-state index contributed by atoms with van der Waals surface area (Å²) in [5.41, 5.74) is 0.646. The Morgan fingerprint density at radius 2 is 1.65 bits per heavy atom. The molecule has 0 atom stereocenters. The first kappa shape index (κ1) is 17.4. The van der Waals surface area contributed by atoms with Gasteiger partial charge in [-0.05, 0) is 41.5 Å². The van der Waals surface area contributed by atoms with Crippen molar-refractivity contribution in [2.75, 3.05) is 0 Å². The lowest BCUT2D eigenvalue weighted by molar-refractivity contribution is -0.0626. The minimum Gasteiger partial charge on any atom is -0.439 e. The first-order valence-corrected chi connectivity index (χ1v) is 7.47. The van der Waals surface area contributed by atoms with Crippen molar-refractivity contribution >= 4 is 5.84 Å². The number of hydrogen-bond donors (Lipinski definition) is 2. The second-order valence-electron chi connectivity index (χ2n) is 5.31. The number of aromatic nitrogens is 2. The Morgan fingerprint density at radius 1 is 0.962 bits per heavy atom. The van der Waals surface area contributed by atoms with E-state index < -0.39 is 17.5 Å². The molecule has 0 fully saturated rings. The molecule has 5 nitrogen and oxygen atoms in total. The topological polar surface area (TPSA) is 74.8 Å². The Bertz CT molecular complexity index is 980. The number of rotatable bonds is 3. The van der Waals surface area contributed by atoms with Gasteiger partial charge in [-0.3, -0.25) is 15.4 Å². The number of nitrogens with zero attached hydrogens (tertiary/aromatic N) is 2. The third kappa shape index (κ3) is 3.80. The van der Waals surface area contributed by atoms with Gasteiger partial charge in [-0.25, -0.2) is 4.98 Å². The summed E-state index contributed by atoms with van der Waals surface area (Å²) >= 11 is 0. The number of pyridine rings is 2. The maximum absolute atomic E-state index is 12.8. The molecule has 3 aromatic rings. The molecule has 0 spiro atoms. The molecule has 2 aromatic heterocycles. The average molecular weight is 358 g/mol. The molecular formula is C18H13F3N4O. The van der Waals surface area contributed by atoms with Crippen molar-refractivity contribution in [2.24, 2.45) is 0 Å². The molecule has 3 rings (SSSR count). The van der Waals surface area contributed by atoms with Crippen LogP contribution >= 0.6 is 0 Å². The second kappa shape index (κ2) is 6.83. The van der Waals surface area contributed by atoms with E-state index in [1.54, 1.807) is 48.7 Å². The lowest BCUT2D eigenvalue weighted by Crippen LogP contribution is -2.36. The van der Waals surface area contributed by atoms with Gasteiger partial charge in [0.05, 0.1) is 0 Å². The van der Waals surface area contributed by atoms with Crippen LogP contribution in [0.1, 0.15) is 0 Å². The van der Waals surface area contributed by atoms with Crippen LogP contribution in [0.15, 0.2) is 67.0 Å². The van der Waals surface area contributed by atoms with Gasteiger partial charge in [-0.1, -0.05) is 18.2 Å². The zero-order valence-electron chi connectivity index (χ0n) is 13.3. The van der Waals surface area contributed by atoms with E-state index in [0.29, 0.717) is 27.3 Å². The first-order chi connectivity index (χ1) is 12.3. The van der Waals surface area contributed by atoms with E-state index in [2.05, 4.69) is 4.98 Å². The molecule has 0 amide bonds. The zero-order valence-corrected chi connectivity index (χ0v) is 13.3. The minimum absolute atomic E-state index is 0.425. The molecule has 8 heteroatoms. The molecule has 0 unspecified atom stereocenters. The van der Waals surface area contributed by atoms with Crippen LogP contribution in [0, 0.1) is 10.8 Å². The molecule has 0 saturated carbocycles. The standard InChI is InChI=1S/C18H13F3N4O/c19-18(20,21)17(23)25-11-13(6-9-15(25)22)12-4-7-14(8-5-12)26-16-3-1-2-10-24-16/h1-11,22-23H. The number of nitrogens with one attached hydrogen (secondary N) is 2. The van der Waals surface area contributed by atoms with Crippen LogP contribution in [-0.2, 0) is 0 Å². The average Bonchev–Trinajstić information content (AvgIpc) is 2.62. The van der Waals surface area contributed by atoms with E-state index in [1.165, 1.54) is 12.1 Å². The number of benzene rings is 1. The van der Waals surface area contributed by atoms with E-state index in [9.17, 15) is 13.2 Å². The summed E-state index contributed by atoms with van der Waals surface area (Å²) in [6.07, 6.45) is -2.12. The second-order valence-corrected chi connectivity index (χ2v) is 5.31. The molecule has 132 valence electrons. The largest absolute Gasteiger partial charge is 0.449 e. The van der Waals surface area contributed by atoms with Crippen molar-refractivity contribution in [2.45, 2.75) is 6.18 Å². The summed E-state index contributed by atoms with van der Waals surface area (Å²) < 4.78 is 44.3. The summed E-state index contributed by atoms with van der Waals surface area (Å²) in [4.78, 5) is 4.04. The maximum atomic E-state index is 12.8. The first-order valence-electron chi connectivity index (χ1n) is 7.47. The lowest BCUT2D eigenvalue weighted by Gasteiger charge is -2.13. The fourth-order valence-corrected chi connectivity index (χ4v) is 2.24. The molecule has 0 bridgehead atoms. The number of ether oxygens (including phenoxy) is 1. The Hall–Kier alpha value is -3.42. The van der Waals surface area contributed by atoms with Gasteiger partial charge in [0.25, 0.3) is 0 Å². The van der Waals surface area contributed by atoms with Crippen LogP contribution in [0.4, 0.5) is 13.2 Å². The van der Waals surface area contributed by atoms with Crippen molar-refractivity contribution in [3.05, 3.63) is 72.5 Å². The number of hydrogen-bond acceptors (Lipinski definition) is 4. The van der Waals surface area contributed by atoms with Crippen molar-refractivity contribution in [1.29, 1.82) is 10.8 Å². The Morgan fingerprint density at radius 3 is 2.27 bits per heavy atom. The van der Waals surface area contributed by atoms with Crippen LogP contribution in [0.5, 0.6) is 11.6 Å². The van der Waals surface area contributed by atoms with Crippen molar-refractivity contribution in [3.63, 3.8) is 0 Å². The van der Waals surface area contributed by atoms with Crippen LogP contribution in [0.2, 0.25) is 0 Å². The van der Waals surface area contributed by atoms with Gasteiger partial charge in [-0.15, -0.1) is 0 Å². The molecule has 1 aromatic carbocycles. The molecular weight excluding hydrogens is 345 g/mol. The highest BCUT2D eigenvalue weighted by atomic mass is 19.4. The summed E-state index contributed by atoms with van der Waals surface area (Å²) in [6.45, 7) is 0.